The van der Waals surface area contributed by atoms with E-state index in [0.29, 0.717) is 11.3 Å². The number of amides is 1. The fourth-order valence-electron chi connectivity index (χ4n) is 5.39. The number of aromatic nitrogens is 2. The van der Waals surface area contributed by atoms with Gasteiger partial charge in [0.15, 0.2) is 0 Å². The summed E-state index contributed by atoms with van der Waals surface area (Å²) < 4.78 is 70.5. The second kappa shape index (κ2) is 11.1. The van der Waals surface area contributed by atoms with Crippen molar-refractivity contribution in [1.82, 2.24) is 14.5 Å². The number of halogens is 4. The van der Waals surface area contributed by atoms with Gasteiger partial charge >= 0.3 is 18.0 Å². The van der Waals surface area contributed by atoms with Gasteiger partial charge in [-0.2, -0.15) is 18.2 Å². The zero-order valence-electron chi connectivity index (χ0n) is 23.9. The van der Waals surface area contributed by atoms with E-state index in [1.54, 1.807) is 30.6 Å². The Hall–Kier alpha value is -3.32. The van der Waals surface area contributed by atoms with Crippen molar-refractivity contribution >= 4 is 34.6 Å². The van der Waals surface area contributed by atoms with Crippen LogP contribution in [0.1, 0.15) is 33.3 Å². The first kappa shape index (κ1) is 30.1. The van der Waals surface area contributed by atoms with Crippen LogP contribution in [0.5, 0.6) is 0 Å². The molecule has 0 unspecified atom stereocenters. The molecule has 1 amide bonds. The van der Waals surface area contributed by atoms with E-state index >= 15 is 0 Å². The summed E-state index contributed by atoms with van der Waals surface area (Å²) in [5.41, 5.74) is -1.83. The van der Waals surface area contributed by atoms with E-state index in [-0.39, 0.29) is 59.4 Å². The van der Waals surface area contributed by atoms with Gasteiger partial charge in [0, 0.05) is 54.4 Å². The lowest BCUT2D eigenvalue weighted by Gasteiger charge is -2.41. The van der Waals surface area contributed by atoms with Crippen LogP contribution in [0.2, 0.25) is 0 Å². The van der Waals surface area contributed by atoms with Crippen LogP contribution in [0.15, 0.2) is 40.0 Å². The molecule has 2 atom stereocenters. The van der Waals surface area contributed by atoms with Gasteiger partial charge in [0.05, 0.1) is 23.7 Å². The highest BCUT2D eigenvalue weighted by Gasteiger charge is 2.39. The SMILES string of the molecule is CO[C@@H]1CSc2c(-c3ccc(F)cc3)c(C(F)(F)F)cc3c(N4CCN(C(=O)OC(C)(C)C)C[C@@H]4C)nc(=O)n(c23)C1. The zero-order valence-corrected chi connectivity index (χ0v) is 24.7. The smallest absolute Gasteiger partial charge is 0.417 e. The Balaban J connectivity index is 1.71. The van der Waals surface area contributed by atoms with Crippen LogP contribution in [0, 0.1) is 5.82 Å². The lowest BCUT2D eigenvalue weighted by atomic mass is 9.96. The van der Waals surface area contributed by atoms with Gasteiger partial charge in [0.2, 0.25) is 0 Å². The summed E-state index contributed by atoms with van der Waals surface area (Å²) in [4.78, 5) is 34.1. The van der Waals surface area contributed by atoms with Crippen LogP contribution < -0.4 is 10.6 Å². The van der Waals surface area contributed by atoms with Gasteiger partial charge in [-0.15, -0.1) is 11.8 Å². The van der Waals surface area contributed by atoms with Gasteiger partial charge in [0.25, 0.3) is 0 Å². The van der Waals surface area contributed by atoms with Crippen molar-refractivity contribution in [2.45, 2.75) is 63.1 Å². The minimum absolute atomic E-state index is 0.106. The maximum atomic E-state index is 14.8. The molecule has 13 heteroatoms. The van der Waals surface area contributed by atoms with Gasteiger partial charge in [-0.25, -0.2) is 14.0 Å². The van der Waals surface area contributed by atoms with Crippen molar-refractivity contribution < 1.29 is 31.8 Å². The fourth-order valence-corrected chi connectivity index (χ4v) is 6.71. The number of nitrogens with zero attached hydrogens (tertiary/aromatic N) is 4. The number of thioether (sulfide) groups is 1. The van der Waals surface area contributed by atoms with E-state index in [1.165, 1.54) is 35.6 Å². The predicted octanol–water partition coefficient (Wildman–Crippen LogP) is 5.79. The molecule has 5 rings (SSSR count). The average Bonchev–Trinajstić information content (AvgIpc) is 3.10. The number of hydrogen-bond donors (Lipinski definition) is 0. The second-order valence-electron chi connectivity index (χ2n) is 11.5. The van der Waals surface area contributed by atoms with Crippen LogP contribution in [0.25, 0.3) is 22.0 Å². The van der Waals surface area contributed by atoms with Crippen molar-refractivity contribution in [3.05, 3.63) is 52.2 Å². The summed E-state index contributed by atoms with van der Waals surface area (Å²) in [6.45, 7) is 7.93. The van der Waals surface area contributed by atoms with Crippen molar-refractivity contribution in [2.24, 2.45) is 0 Å². The fraction of sp³-hybridized carbons (Fsp3) is 0.483. The van der Waals surface area contributed by atoms with E-state index < -0.39 is 41.0 Å². The molecule has 0 spiro atoms. The summed E-state index contributed by atoms with van der Waals surface area (Å²) in [7, 11) is 1.49. The highest BCUT2D eigenvalue weighted by molar-refractivity contribution is 7.99. The van der Waals surface area contributed by atoms with Crippen LogP contribution in [-0.2, 0) is 22.2 Å². The molecule has 1 saturated heterocycles. The van der Waals surface area contributed by atoms with Gasteiger partial charge in [-0.1, -0.05) is 12.1 Å². The molecule has 0 saturated carbocycles. The molecule has 42 heavy (non-hydrogen) atoms. The van der Waals surface area contributed by atoms with E-state index in [1.807, 2.05) is 6.92 Å². The van der Waals surface area contributed by atoms with Crippen molar-refractivity contribution in [1.29, 1.82) is 0 Å². The molecular weight excluding hydrogens is 576 g/mol. The number of piperazine rings is 1. The third kappa shape index (κ3) is 5.81. The van der Waals surface area contributed by atoms with Gasteiger partial charge in [-0.3, -0.25) is 4.57 Å². The average molecular weight is 609 g/mol. The molecule has 3 aromatic rings. The number of carbonyl (C=O) groups is 1. The predicted molar refractivity (Wildman–Crippen MR) is 153 cm³/mol. The quantitative estimate of drug-likeness (QED) is 0.349. The molecule has 0 N–H and O–H groups in total. The second-order valence-corrected chi connectivity index (χ2v) is 12.5. The standard InChI is InChI=1S/C29H32F4N4O4S/c1-16-13-35(27(39)41-28(2,3)4)10-11-36(16)25-20-12-21(29(31,32)33)22(17-6-8-18(30)9-7-17)24-23(20)37(26(38)34-25)14-19(40-5)15-42-24/h6-9,12,16,19H,10-11,13-15H2,1-5H3/t16-,19-/m0/s1. The van der Waals surface area contributed by atoms with Crippen LogP contribution in [0.4, 0.5) is 28.2 Å². The number of ether oxygens (including phenoxy) is 2. The Morgan fingerprint density at radius 2 is 1.79 bits per heavy atom. The molecule has 0 radical (unpaired) electrons. The third-order valence-electron chi connectivity index (χ3n) is 7.32. The van der Waals surface area contributed by atoms with Crippen molar-refractivity contribution in [3.63, 3.8) is 0 Å². The first-order valence-electron chi connectivity index (χ1n) is 13.5. The van der Waals surface area contributed by atoms with Crippen LogP contribution in [0.3, 0.4) is 0 Å². The lowest BCUT2D eigenvalue weighted by molar-refractivity contribution is -0.137. The van der Waals surface area contributed by atoms with Crippen molar-refractivity contribution in [3.8, 4) is 11.1 Å². The Morgan fingerprint density at radius 3 is 2.38 bits per heavy atom. The molecule has 3 heterocycles. The van der Waals surface area contributed by atoms with E-state index in [9.17, 15) is 27.2 Å². The Morgan fingerprint density at radius 1 is 1.10 bits per heavy atom. The van der Waals surface area contributed by atoms with E-state index in [4.69, 9.17) is 9.47 Å². The van der Waals surface area contributed by atoms with Crippen LogP contribution >= 0.6 is 11.8 Å². The molecule has 2 aliphatic heterocycles. The largest absolute Gasteiger partial charge is 0.444 e. The molecule has 226 valence electrons. The van der Waals surface area contributed by atoms with Gasteiger partial charge < -0.3 is 19.3 Å². The summed E-state index contributed by atoms with van der Waals surface area (Å²) in [6.07, 6.45) is -5.70. The Labute approximate surface area is 244 Å². The summed E-state index contributed by atoms with van der Waals surface area (Å²) in [5.74, 6) is -0.159. The normalized spacial score (nSPS) is 19.6. The van der Waals surface area contributed by atoms with Gasteiger partial charge in [-0.05, 0) is 51.5 Å². The zero-order chi connectivity index (χ0) is 30.6. The third-order valence-corrected chi connectivity index (χ3v) is 8.55. The van der Waals surface area contributed by atoms with E-state index in [2.05, 4.69) is 4.98 Å². The Bertz CT molecular complexity index is 1570. The number of rotatable bonds is 3. The molecule has 1 fully saturated rings. The molecule has 2 aromatic carbocycles. The molecule has 2 aliphatic rings. The number of carbonyl (C=O) groups excluding carboxylic acids is 1. The number of anilines is 1. The molecular formula is C29H32F4N4O4S. The maximum absolute atomic E-state index is 14.8. The minimum Gasteiger partial charge on any atom is -0.444 e. The molecule has 0 bridgehead atoms. The summed E-state index contributed by atoms with van der Waals surface area (Å²) >= 11 is 1.17. The topological polar surface area (TPSA) is 76.9 Å². The number of alkyl halides is 3. The number of benzene rings is 2. The highest BCUT2D eigenvalue weighted by atomic mass is 32.2. The molecule has 1 aromatic heterocycles. The van der Waals surface area contributed by atoms with Crippen LogP contribution in [-0.4, -0.2) is 70.8 Å². The highest BCUT2D eigenvalue weighted by Crippen LogP contribution is 2.48. The molecule has 8 nitrogen and oxygen atoms in total. The Kier molecular flexibility index (Phi) is 7.94. The monoisotopic (exact) mass is 608 g/mol. The molecule has 0 aliphatic carbocycles. The van der Waals surface area contributed by atoms with Crippen molar-refractivity contribution in [2.75, 3.05) is 37.4 Å². The number of methoxy groups -OCH3 is 1. The summed E-state index contributed by atoms with van der Waals surface area (Å²) in [6, 6.07) is 5.51. The lowest BCUT2D eigenvalue weighted by Crippen LogP contribution is -2.55. The van der Waals surface area contributed by atoms with E-state index in [0.717, 1.165) is 18.2 Å². The first-order valence-corrected chi connectivity index (χ1v) is 14.5. The minimum atomic E-state index is -4.76. The summed E-state index contributed by atoms with van der Waals surface area (Å²) in [5, 5.41) is 0.171. The van der Waals surface area contributed by atoms with Gasteiger partial charge in [0.1, 0.15) is 17.2 Å². The maximum Gasteiger partial charge on any atom is 0.417 e. The number of hydrogen-bond acceptors (Lipinski definition) is 7. The first-order chi connectivity index (χ1) is 19.7.